The van der Waals surface area contributed by atoms with Crippen molar-refractivity contribution in [1.29, 1.82) is 0 Å². The van der Waals surface area contributed by atoms with Crippen molar-refractivity contribution in [1.82, 2.24) is 0 Å². The second-order valence-electron chi connectivity index (χ2n) is 4.73. The number of rotatable bonds is 5. The Morgan fingerprint density at radius 3 is 2.30 bits per heavy atom. The molecule has 104 valence electrons. The zero-order chi connectivity index (χ0) is 14.4. The Labute approximate surface area is 120 Å². The van der Waals surface area contributed by atoms with Gasteiger partial charge in [0.1, 0.15) is 11.6 Å². The SMILES string of the molecule is COc1ccc(CCN=C(N)c2ccc(C)cc2)cc1. The van der Waals surface area contributed by atoms with Crippen molar-refractivity contribution in [3.05, 3.63) is 65.2 Å². The number of aliphatic imine (C=N–C) groups is 1. The topological polar surface area (TPSA) is 47.6 Å². The van der Waals surface area contributed by atoms with Crippen molar-refractivity contribution in [2.45, 2.75) is 13.3 Å². The maximum atomic E-state index is 5.98. The monoisotopic (exact) mass is 268 g/mol. The van der Waals surface area contributed by atoms with Gasteiger partial charge in [0.2, 0.25) is 0 Å². The van der Waals surface area contributed by atoms with E-state index < -0.39 is 0 Å². The highest BCUT2D eigenvalue weighted by Crippen LogP contribution is 2.11. The van der Waals surface area contributed by atoms with Crippen molar-refractivity contribution in [3.63, 3.8) is 0 Å². The molecule has 20 heavy (non-hydrogen) atoms. The predicted molar refractivity (Wildman–Crippen MR) is 83.5 cm³/mol. The van der Waals surface area contributed by atoms with Crippen LogP contribution in [0.25, 0.3) is 0 Å². The number of nitrogens with zero attached hydrogens (tertiary/aromatic N) is 1. The number of methoxy groups -OCH3 is 1. The van der Waals surface area contributed by atoms with Gasteiger partial charge >= 0.3 is 0 Å². The van der Waals surface area contributed by atoms with Gasteiger partial charge in [0, 0.05) is 12.1 Å². The summed E-state index contributed by atoms with van der Waals surface area (Å²) in [6, 6.07) is 16.1. The molecule has 0 fully saturated rings. The van der Waals surface area contributed by atoms with Gasteiger partial charge in [-0.2, -0.15) is 0 Å². The van der Waals surface area contributed by atoms with Gasteiger partial charge in [0.25, 0.3) is 0 Å². The summed E-state index contributed by atoms with van der Waals surface area (Å²) < 4.78 is 5.13. The average Bonchev–Trinajstić information content (AvgIpc) is 2.48. The van der Waals surface area contributed by atoms with E-state index in [1.165, 1.54) is 11.1 Å². The first-order valence-corrected chi connectivity index (χ1v) is 6.69. The summed E-state index contributed by atoms with van der Waals surface area (Å²) in [5, 5.41) is 0. The minimum atomic E-state index is 0.596. The van der Waals surface area contributed by atoms with Crippen LogP contribution in [-0.2, 0) is 6.42 Å². The molecular formula is C17H20N2O. The molecule has 2 aromatic carbocycles. The lowest BCUT2D eigenvalue weighted by molar-refractivity contribution is 0.414. The average molecular weight is 268 g/mol. The molecule has 0 amide bonds. The third-order valence-electron chi connectivity index (χ3n) is 3.19. The molecule has 0 aliphatic rings. The van der Waals surface area contributed by atoms with E-state index in [-0.39, 0.29) is 0 Å². The van der Waals surface area contributed by atoms with E-state index >= 15 is 0 Å². The van der Waals surface area contributed by atoms with Crippen LogP contribution >= 0.6 is 0 Å². The Hall–Kier alpha value is -2.29. The maximum Gasteiger partial charge on any atom is 0.125 e. The Bertz CT molecular complexity index is 571. The van der Waals surface area contributed by atoms with Crippen LogP contribution in [0.3, 0.4) is 0 Å². The highest BCUT2D eigenvalue weighted by Gasteiger charge is 1.98. The first-order chi connectivity index (χ1) is 9.69. The van der Waals surface area contributed by atoms with Gasteiger partial charge in [-0.1, -0.05) is 42.0 Å². The normalized spacial score (nSPS) is 11.4. The summed E-state index contributed by atoms with van der Waals surface area (Å²) in [6.07, 6.45) is 0.872. The number of amidine groups is 1. The van der Waals surface area contributed by atoms with E-state index in [4.69, 9.17) is 10.5 Å². The molecule has 2 aromatic rings. The van der Waals surface area contributed by atoms with Crippen LogP contribution in [0, 0.1) is 6.92 Å². The Morgan fingerprint density at radius 2 is 1.70 bits per heavy atom. The van der Waals surface area contributed by atoms with Crippen LogP contribution < -0.4 is 10.5 Å². The summed E-state index contributed by atoms with van der Waals surface area (Å²) in [4.78, 5) is 4.43. The van der Waals surface area contributed by atoms with Gasteiger partial charge < -0.3 is 10.5 Å². The summed E-state index contributed by atoms with van der Waals surface area (Å²) in [5.41, 5.74) is 9.41. The second kappa shape index (κ2) is 6.75. The number of hydrogen-bond donors (Lipinski definition) is 1. The molecule has 0 aliphatic heterocycles. The fraction of sp³-hybridized carbons (Fsp3) is 0.235. The van der Waals surface area contributed by atoms with E-state index in [9.17, 15) is 0 Å². The number of hydrogen-bond acceptors (Lipinski definition) is 2. The second-order valence-corrected chi connectivity index (χ2v) is 4.73. The van der Waals surface area contributed by atoms with E-state index in [1.807, 2.05) is 36.4 Å². The summed E-state index contributed by atoms with van der Waals surface area (Å²) in [5.74, 6) is 1.47. The van der Waals surface area contributed by atoms with Crippen molar-refractivity contribution in [3.8, 4) is 5.75 Å². The highest BCUT2D eigenvalue weighted by atomic mass is 16.5. The minimum Gasteiger partial charge on any atom is -0.497 e. The predicted octanol–water partition coefficient (Wildman–Crippen LogP) is 2.95. The fourth-order valence-electron chi connectivity index (χ4n) is 1.91. The van der Waals surface area contributed by atoms with Gasteiger partial charge in [-0.3, -0.25) is 4.99 Å². The molecule has 0 bridgehead atoms. The van der Waals surface area contributed by atoms with Crippen LogP contribution in [0.5, 0.6) is 5.75 Å². The largest absolute Gasteiger partial charge is 0.497 e. The molecule has 2 rings (SSSR count). The number of nitrogens with two attached hydrogens (primary N) is 1. The molecule has 0 aromatic heterocycles. The Morgan fingerprint density at radius 1 is 1.05 bits per heavy atom. The molecule has 2 N–H and O–H groups in total. The van der Waals surface area contributed by atoms with Gasteiger partial charge in [-0.05, 0) is 31.0 Å². The molecule has 0 unspecified atom stereocenters. The first-order valence-electron chi connectivity index (χ1n) is 6.69. The molecule has 3 heteroatoms. The van der Waals surface area contributed by atoms with E-state index in [0.29, 0.717) is 12.4 Å². The molecule has 0 spiro atoms. The van der Waals surface area contributed by atoms with Gasteiger partial charge in [-0.25, -0.2) is 0 Å². The first kappa shape index (κ1) is 14.1. The fourth-order valence-corrected chi connectivity index (χ4v) is 1.91. The lowest BCUT2D eigenvalue weighted by Crippen LogP contribution is -2.14. The molecule has 3 nitrogen and oxygen atoms in total. The lowest BCUT2D eigenvalue weighted by atomic mass is 10.1. The van der Waals surface area contributed by atoms with Crippen LogP contribution in [0.2, 0.25) is 0 Å². The third kappa shape index (κ3) is 3.85. The molecule has 0 aliphatic carbocycles. The number of aryl methyl sites for hydroxylation is 1. The summed E-state index contributed by atoms with van der Waals surface area (Å²) in [6.45, 7) is 2.74. The van der Waals surface area contributed by atoms with Crippen molar-refractivity contribution in [2.75, 3.05) is 13.7 Å². The van der Waals surface area contributed by atoms with E-state index in [1.54, 1.807) is 7.11 Å². The Kier molecular flexibility index (Phi) is 4.77. The molecule has 0 heterocycles. The van der Waals surface area contributed by atoms with Crippen molar-refractivity contribution in [2.24, 2.45) is 10.7 Å². The van der Waals surface area contributed by atoms with Gasteiger partial charge in [-0.15, -0.1) is 0 Å². The number of benzene rings is 2. The van der Waals surface area contributed by atoms with Gasteiger partial charge in [0.05, 0.1) is 7.11 Å². The zero-order valence-electron chi connectivity index (χ0n) is 12.0. The van der Waals surface area contributed by atoms with Crippen LogP contribution in [0.1, 0.15) is 16.7 Å². The highest BCUT2D eigenvalue weighted by molar-refractivity contribution is 5.97. The standard InChI is InChI=1S/C17H20N2O/c1-13-3-7-15(8-4-13)17(18)19-12-11-14-5-9-16(20-2)10-6-14/h3-10H,11-12H2,1-2H3,(H2,18,19). The van der Waals surface area contributed by atoms with Crippen LogP contribution in [0.4, 0.5) is 0 Å². The molecule has 0 saturated carbocycles. The van der Waals surface area contributed by atoms with Crippen molar-refractivity contribution >= 4 is 5.84 Å². The molecule has 0 atom stereocenters. The molecular weight excluding hydrogens is 248 g/mol. The van der Waals surface area contributed by atoms with E-state index in [0.717, 1.165) is 17.7 Å². The zero-order valence-corrected chi connectivity index (χ0v) is 12.0. The maximum absolute atomic E-state index is 5.98. The Balaban J connectivity index is 1.93. The lowest BCUT2D eigenvalue weighted by Gasteiger charge is -2.03. The smallest absolute Gasteiger partial charge is 0.125 e. The van der Waals surface area contributed by atoms with Crippen LogP contribution in [0.15, 0.2) is 53.5 Å². The minimum absolute atomic E-state index is 0.596. The summed E-state index contributed by atoms with van der Waals surface area (Å²) in [7, 11) is 1.67. The quantitative estimate of drug-likeness (QED) is 0.669. The summed E-state index contributed by atoms with van der Waals surface area (Å²) >= 11 is 0. The molecule has 0 saturated heterocycles. The van der Waals surface area contributed by atoms with Crippen molar-refractivity contribution < 1.29 is 4.74 Å². The number of ether oxygens (including phenoxy) is 1. The van der Waals surface area contributed by atoms with Crippen LogP contribution in [-0.4, -0.2) is 19.5 Å². The van der Waals surface area contributed by atoms with Gasteiger partial charge in [0.15, 0.2) is 0 Å². The molecule has 0 radical (unpaired) electrons. The van der Waals surface area contributed by atoms with E-state index in [2.05, 4.69) is 24.0 Å². The third-order valence-corrected chi connectivity index (χ3v) is 3.19.